The molecule has 1 rings (SSSR count). The molecule has 8 nitrogen and oxygen atoms in total. The molecule has 106 valence electrons. The predicted octanol–water partition coefficient (Wildman–Crippen LogP) is -2.66. The van der Waals surface area contributed by atoms with Crippen molar-refractivity contribution in [3.8, 4) is 0 Å². The van der Waals surface area contributed by atoms with Crippen LogP contribution in [0.5, 0.6) is 0 Å². The molecular weight excluding hydrogens is 382 g/mol. The van der Waals surface area contributed by atoms with Gasteiger partial charge in [-0.1, -0.05) is 31.9 Å². The van der Waals surface area contributed by atoms with Crippen LogP contribution in [0.4, 0.5) is 0 Å². The highest BCUT2D eigenvalue weighted by Crippen LogP contribution is 2.26. The van der Waals surface area contributed by atoms with Crippen molar-refractivity contribution in [1.82, 2.24) is 5.32 Å². The van der Waals surface area contributed by atoms with Gasteiger partial charge in [-0.25, -0.2) is 0 Å². The maximum atomic E-state index is 11.4. The molecule has 5 atom stereocenters. The van der Waals surface area contributed by atoms with E-state index in [-0.39, 0.29) is 0 Å². The fraction of sp³-hybridized carbons (Fsp3) is 0.875. The second-order valence-corrected chi connectivity index (χ2v) is 6.81. The molecule has 1 saturated heterocycles. The lowest BCUT2D eigenvalue weighted by atomic mass is 9.96. The number of alkyl halides is 2. The van der Waals surface area contributed by atoms with E-state index >= 15 is 0 Å². The minimum Gasteiger partial charge on any atom is -0.394 e. The van der Waals surface area contributed by atoms with Crippen LogP contribution in [0.25, 0.3) is 0 Å². The van der Waals surface area contributed by atoms with Crippen LogP contribution in [0.2, 0.25) is 0 Å². The minimum absolute atomic E-state index is 0.713. The third-order valence-electron chi connectivity index (χ3n) is 2.47. The summed E-state index contributed by atoms with van der Waals surface area (Å²) in [4.78, 5) is 11.4. The van der Waals surface area contributed by atoms with Crippen molar-refractivity contribution in [2.45, 2.75) is 34.1 Å². The third-order valence-corrected chi connectivity index (χ3v) is 3.30. The highest BCUT2D eigenvalue weighted by molar-refractivity contribution is 9.25. The Morgan fingerprint density at radius 1 is 1.33 bits per heavy atom. The predicted molar refractivity (Wildman–Crippen MR) is 64.7 cm³/mol. The molecule has 0 aromatic heterocycles. The second kappa shape index (κ2) is 6.09. The standard InChI is InChI=1S/C8H13Br2NO7/c9-6(10)7(16)11-8(17)5(15)4(14)3(13)2(1-12)18-8/h2-6,12-15,17H,1H2,(H,11,16). The largest absolute Gasteiger partial charge is 0.394 e. The number of nitrogens with one attached hydrogen (secondary N) is 1. The van der Waals surface area contributed by atoms with E-state index in [9.17, 15) is 25.2 Å². The van der Waals surface area contributed by atoms with E-state index in [1.165, 1.54) is 0 Å². The first-order valence-electron chi connectivity index (χ1n) is 4.88. The zero-order chi connectivity index (χ0) is 14.1. The van der Waals surface area contributed by atoms with Gasteiger partial charge in [-0.2, -0.15) is 0 Å². The van der Waals surface area contributed by atoms with E-state index in [2.05, 4.69) is 31.9 Å². The lowest BCUT2D eigenvalue weighted by molar-refractivity contribution is -0.358. The Bertz CT molecular complexity index is 316. The molecule has 1 aliphatic heterocycles. The lowest BCUT2D eigenvalue weighted by Gasteiger charge is -2.45. The van der Waals surface area contributed by atoms with Gasteiger partial charge in [-0.3, -0.25) is 4.79 Å². The Morgan fingerprint density at radius 2 is 1.89 bits per heavy atom. The Kier molecular flexibility index (Phi) is 5.50. The molecule has 0 aliphatic carbocycles. The number of aliphatic hydroxyl groups is 5. The average Bonchev–Trinajstić information content (AvgIpc) is 2.31. The number of ether oxygens (including phenoxy) is 1. The van der Waals surface area contributed by atoms with E-state index in [4.69, 9.17) is 9.84 Å². The second-order valence-electron chi connectivity index (χ2n) is 3.75. The highest BCUT2D eigenvalue weighted by Gasteiger charge is 2.53. The molecular formula is C8H13Br2NO7. The van der Waals surface area contributed by atoms with Gasteiger partial charge in [0, 0.05) is 0 Å². The molecule has 18 heavy (non-hydrogen) atoms. The Labute approximate surface area is 119 Å². The average molecular weight is 395 g/mol. The summed E-state index contributed by atoms with van der Waals surface area (Å²) in [7, 11) is 0. The number of aliphatic hydroxyl groups excluding tert-OH is 4. The van der Waals surface area contributed by atoms with Crippen LogP contribution in [0.15, 0.2) is 0 Å². The van der Waals surface area contributed by atoms with Crippen LogP contribution < -0.4 is 5.32 Å². The number of carbonyl (C=O) groups excluding carboxylic acids is 1. The van der Waals surface area contributed by atoms with Crippen molar-refractivity contribution >= 4 is 37.8 Å². The number of hydrogen-bond acceptors (Lipinski definition) is 7. The first-order chi connectivity index (χ1) is 8.23. The summed E-state index contributed by atoms with van der Waals surface area (Å²) in [5, 5.41) is 49.3. The van der Waals surface area contributed by atoms with Gasteiger partial charge in [-0.05, 0) is 0 Å². The molecule has 5 unspecified atom stereocenters. The molecule has 1 amide bonds. The topological polar surface area (TPSA) is 139 Å². The van der Waals surface area contributed by atoms with Gasteiger partial charge in [0.1, 0.15) is 22.0 Å². The zero-order valence-electron chi connectivity index (χ0n) is 8.90. The molecule has 1 aliphatic rings. The van der Waals surface area contributed by atoms with Crippen molar-refractivity contribution < 1.29 is 35.1 Å². The summed E-state index contributed by atoms with van der Waals surface area (Å²) in [6, 6.07) is 0. The smallest absolute Gasteiger partial charge is 0.279 e. The van der Waals surface area contributed by atoms with Crippen LogP contribution >= 0.6 is 31.9 Å². The molecule has 0 radical (unpaired) electrons. The fourth-order valence-corrected chi connectivity index (χ4v) is 1.72. The van der Waals surface area contributed by atoms with Gasteiger partial charge in [0.05, 0.1) is 6.61 Å². The summed E-state index contributed by atoms with van der Waals surface area (Å²) in [6.45, 7) is -0.713. The van der Waals surface area contributed by atoms with Crippen molar-refractivity contribution in [2.24, 2.45) is 0 Å². The van der Waals surface area contributed by atoms with E-state index in [1.807, 2.05) is 5.32 Å². The molecule has 1 heterocycles. The first-order valence-corrected chi connectivity index (χ1v) is 6.71. The zero-order valence-corrected chi connectivity index (χ0v) is 12.1. The molecule has 0 spiro atoms. The number of carbonyl (C=O) groups is 1. The number of halogens is 2. The Morgan fingerprint density at radius 3 is 2.33 bits per heavy atom. The third kappa shape index (κ3) is 3.20. The maximum absolute atomic E-state index is 11.4. The van der Waals surface area contributed by atoms with E-state index < -0.39 is 46.6 Å². The normalized spacial score (nSPS) is 40.9. The van der Waals surface area contributed by atoms with E-state index in [1.54, 1.807) is 0 Å². The number of rotatable bonds is 3. The molecule has 0 saturated carbocycles. The molecule has 0 bridgehead atoms. The van der Waals surface area contributed by atoms with E-state index in [0.717, 1.165) is 0 Å². The van der Waals surface area contributed by atoms with Crippen LogP contribution in [0.1, 0.15) is 0 Å². The van der Waals surface area contributed by atoms with Gasteiger partial charge < -0.3 is 35.6 Å². The highest BCUT2D eigenvalue weighted by atomic mass is 79.9. The van der Waals surface area contributed by atoms with Gasteiger partial charge in [0.15, 0.2) is 6.10 Å². The molecule has 10 heteroatoms. The van der Waals surface area contributed by atoms with Gasteiger partial charge in [-0.15, -0.1) is 0 Å². The number of hydrogen-bond donors (Lipinski definition) is 6. The summed E-state index contributed by atoms with van der Waals surface area (Å²) in [5.74, 6) is -3.39. The minimum atomic E-state index is -2.61. The Balaban J connectivity index is 2.88. The fourth-order valence-electron chi connectivity index (χ4n) is 1.49. The molecule has 1 fully saturated rings. The van der Waals surface area contributed by atoms with Crippen molar-refractivity contribution in [3.63, 3.8) is 0 Å². The van der Waals surface area contributed by atoms with Gasteiger partial charge in [0.2, 0.25) is 5.91 Å². The summed E-state index contributed by atoms with van der Waals surface area (Å²) >= 11 is 5.73. The molecule has 6 N–H and O–H groups in total. The van der Waals surface area contributed by atoms with Crippen LogP contribution in [0.3, 0.4) is 0 Å². The van der Waals surface area contributed by atoms with Crippen molar-refractivity contribution in [3.05, 3.63) is 0 Å². The summed E-state index contributed by atoms with van der Waals surface area (Å²) in [6.07, 6.45) is -6.70. The van der Waals surface area contributed by atoms with Crippen LogP contribution in [-0.4, -0.2) is 72.1 Å². The molecule has 0 aromatic rings. The SMILES string of the molecule is O=C(NC1(O)OC(CO)C(O)C(O)C1O)C(Br)Br. The van der Waals surface area contributed by atoms with Gasteiger partial charge >= 0.3 is 0 Å². The number of amides is 1. The maximum Gasteiger partial charge on any atom is 0.279 e. The van der Waals surface area contributed by atoms with Crippen LogP contribution in [0, 0.1) is 0 Å². The first kappa shape index (κ1) is 16.2. The quantitative estimate of drug-likeness (QED) is 0.227. The molecule has 0 aromatic carbocycles. The summed E-state index contributed by atoms with van der Waals surface area (Å²) < 4.78 is 3.95. The van der Waals surface area contributed by atoms with Crippen molar-refractivity contribution in [2.75, 3.05) is 6.61 Å². The monoisotopic (exact) mass is 393 g/mol. The summed E-state index contributed by atoms with van der Waals surface area (Å²) in [5.41, 5.74) is 0. The Hall–Kier alpha value is 0.190. The van der Waals surface area contributed by atoms with Crippen molar-refractivity contribution in [1.29, 1.82) is 0 Å². The van der Waals surface area contributed by atoms with Crippen LogP contribution in [-0.2, 0) is 9.53 Å². The lowest BCUT2D eigenvalue weighted by Crippen LogP contribution is -2.71. The van der Waals surface area contributed by atoms with E-state index in [0.29, 0.717) is 0 Å². The van der Waals surface area contributed by atoms with Gasteiger partial charge in [0.25, 0.3) is 5.91 Å².